The summed E-state index contributed by atoms with van der Waals surface area (Å²) in [5.74, 6) is 2.29. The molecule has 5 nitrogen and oxygen atoms in total. The van der Waals surface area contributed by atoms with Crippen LogP contribution in [0, 0.1) is 0 Å². The van der Waals surface area contributed by atoms with E-state index in [4.69, 9.17) is 11.6 Å². The molecule has 0 bridgehead atoms. The molecule has 0 aliphatic heterocycles. The number of halogens is 1. The Morgan fingerprint density at radius 3 is 2.87 bits per heavy atom. The number of carbonyl (C=O) groups excluding carboxylic acids is 1. The van der Waals surface area contributed by atoms with Crippen LogP contribution < -0.4 is 10.9 Å². The number of benzene rings is 1. The van der Waals surface area contributed by atoms with E-state index in [0.717, 1.165) is 45.2 Å². The number of H-pyrrole nitrogens is 1. The van der Waals surface area contributed by atoms with Crippen LogP contribution in [-0.4, -0.2) is 33.9 Å². The second kappa shape index (κ2) is 10.2. The molecule has 1 aromatic carbocycles. The van der Waals surface area contributed by atoms with Crippen LogP contribution >= 0.6 is 46.5 Å². The van der Waals surface area contributed by atoms with E-state index in [2.05, 4.69) is 15.3 Å². The second-order valence-electron chi connectivity index (χ2n) is 7.05. The predicted molar refractivity (Wildman–Crippen MR) is 128 cm³/mol. The summed E-state index contributed by atoms with van der Waals surface area (Å²) in [5, 5.41) is 4.43. The highest BCUT2D eigenvalue weighted by Crippen LogP contribution is 2.33. The second-order valence-corrected chi connectivity index (χ2v) is 10.7. The Morgan fingerprint density at radius 1 is 1.23 bits per heavy atom. The molecule has 0 saturated heterocycles. The first-order valence-corrected chi connectivity index (χ1v) is 13.2. The van der Waals surface area contributed by atoms with Crippen LogP contribution in [0.4, 0.5) is 0 Å². The molecule has 4 rings (SSSR count). The molecular weight excluding hydrogens is 458 g/mol. The highest BCUT2D eigenvalue weighted by Gasteiger charge is 2.19. The lowest BCUT2D eigenvalue weighted by atomic mass is 9.97. The van der Waals surface area contributed by atoms with Crippen LogP contribution in [0.1, 0.15) is 29.1 Å². The molecule has 2 heterocycles. The number of thiophene rings is 1. The number of nitrogens with zero attached hydrogens (tertiary/aromatic N) is 1. The van der Waals surface area contributed by atoms with Crippen molar-refractivity contribution in [2.75, 3.05) is 18.1 Å². The number of aryl methyl sites for hydroxylation is 2. The highest BCUT2D eigenvalue weighted by molar-refractivity contribution is 7.99. The fourth-order valence-corrected chi connectivity index (χ4v) is 6.35. The summed E-state index contributed by atoms with van der Waals surface area (Å²) >= 11 is 10.7. The van der Waals surface area contributed by atoms with Crippen molar-refractivity contribution >= 4 is 62.6 Å². The van der Waals surface area contributed by atoms with Crippen LogP contribution in [0.2, 0.25) is 5.02 Å². The van der Waals surface area contributed by atoms with Crippen molar-refractivity contribution in [3.63, 3.8) is 0 Å². The van der Waals surface area contributed by atoms with Crippen molar-refractivity contribution in [1.82, 2.24) is 15.3 Å². The number of hydrogen-bond acceptors (Lipinski definition) is 6. The lowest BCUT2D eigenvalue weighted by Gasteiger charge is -2.09. The van der Waals surface area contributed by atoms with E-state index in [0.29, 0.717) is 23.9 Å². The van der Waals surface area contributed by atoms with Crippen LogP contribution in [0.15, 0.2) is 34.0 Å². The zero-order chi connectivity index (χ0) is 20.9. The summed E-state index contributed by atoms with van der Waals surface area (Å²) in [5.41, 5.74) is 1.16. The molecule has 3 aromatic rings. The first-order valence-electron chi connectivity index (χ1n) is 9.86. The van der Waals surface area contributed by atoms with Gasteiger partial charge in [-0.2, -0.15) is 0 Å². The van der Waals surface area contributed by atoms with Gasteiger partial charge < -0.3 is 10.3 Å². The third-order valence-electron chi connectivity index (χ3n) is 4.85. The van der Waals surface area contributed by atoms with Crippen LogP contribution in [0.3, 0.4) is 0 Å². The van der Waals surface area contributed by atoms with Gasteiger partial charge in [0.25, 0.3) is 5.56 Å². The maximum atomic E-state index is 12.6. The Kier molecular flexibility index (Phi) is 7.41. The molecule has 1 aliphatic rings. The molecule has 0 radical (unpaired) electrons. The summed E-state index contributed by atoms with van der Waals surface area (Å²) < 4.78 is 0. The third-order valence-corrected chi connectivity index (χ3v) is 8.25. The summed E-state index contributed by atoms with van der Waals surface area (Å²) in [6, 6.07) is 7.67. The number of nitrogens with one attached hydrogen (secondary N) is 2. The number of fused-ring (bicyclic) bond motifs is 3. The Hall–Kier alpha value is -1.48. The van der Waals surface area contributed by atoms with E-state index < -0.39 is 0 Å². The molecule has 2 N–H and O–H groups in total. The first-order chi connectivity index (χ1) is 14.6. The number of amides is 1. The molecular formula is C21H22ClN3O2S3. The van der Waals surface area contributed by atoms with Gasteiger partial charge in [0.2, 0.25) is 5.91 Å². The normalized spacial score (nSPS) is 13.4. The van der Waals surface area contributed by atoms with Crippen LogP contribution in [-0.2, 0) is 23.4 Å². The van der Waals surface area contributed by atoms with Crippen molar-refractivity contribution in [2.45, 2.75) is 36.3 Å². The molecule has 0 atom stereocenters. The van der Waals surface area contributed by atoms with Crippen molar-refractivity contribution < 1.29 is 4.79 Å². The standard InChI is InChI=1S/C21H22ClN3O2S3/c22-13-5-7-14(8-6-13)29-10-9-23-18(26)12-28-11-17-24-20(27)19-15-3-1-2-4-16(15)30-21(19)25-17/h5-8H,1-4,9-12H2,(H,23,26)(H,24,25,27). The quantitative estimate of drug-likeness (QED) is 0.363. The number of thioether (sulfide) groups is 2. The molecule has 0 saturated carbocycles. The van der Waals surface area contributed by atoms with E-state index in [1.165, 1.54) is 28.6 Å². The van der Waals surface area contributed by atoms with Gasteiger partial charge in [-0.1, -0.05) is 11.6 Å². The zero-order valence-corrected chi connectivity index (χ0v) is 19.5. The van der Waals surface area contributed by atoms with E-state index >= 15 is 0 Å². The molecule has 2 aromatic heterocycles. The van der Waals surface area contributed by atoms with Gasteiger partial charge in [-0.3, -0.25) is 9.59 Å². The summed E-state index contributed by atoms with van der Waals surface area (Å²) in [7, 11) is 0. The Balaban J connectivity index is 1.23. The molecule has 0 fully saturated rings. The van der Waals surface area contributed by atoms with Gasteiger partial charge in [0.1, 0.15) is 10.7 Å². The third kappa shape index (κ3) is 5.41. The first kappa shape index (κ1) is 21.7. The maximum absolute atomic E-state index is 12.6. The number of rotatable bonds is 8. The van der Waals surface area contributed by atoms with Gasteiger partial charge in [0.05, 0.1) is 16.9 Å². The summed E-state index contributed by atoms with van der Waals surface area (Å²) in [6.45, 7) is 0.606. The fourth-order valence-electron chi connectivity index (χ4n) is 3.46. The molecule has 1 amide bonds. The van der Waals surface area contributed by atoms with Crippen molar-refractivity contribution in [2.24, 2.45) is 0 Å². The van der Waals surface area contributed by atoms with Gasteiger partial charge in [0, 0.05) is 27.1 Å². The average molecular weight is 480 g/mol. The Labute approximate surface area is 192 Å². The zero-order valence-electron chi connectivity index (χ0n) is 16.3. The minimum atomic E-state index is -0.0429. The van der Waals surface area contributed by atoms with Gasteiger partial charge in [-0.25, -0.2) is 4.98 Å². The van der Waals surface area contributed by atoms with E-state index in [9.17, 15) is 9.59 Å². The lowest BCUT2D eigenvalue weighted by Crippen LogP contribution is -2.27. The molecule has 158 valence electrons. The van der Waals surface area contributed by atoms with Crippen LogP contribution in [0.25, 0.3) is 10.2 Å². The summed E-state index contributed by atoms with van der Waals surface area (Å²) in [4.78, 5) is 35.4. The maximum Gasteiger partial charge on any atom is 0.259 e. The molecule has 1 aliphatic carbocycles. The molecule has 0 unspecified atom stereocenters. The lowest BCUT2D eigenvalue weighted by molar-refractivity contribution is -0.118. The van der Waals surface area contributed by atoms with Gasteiger partial charge >= 0.3 is 0 Å². The monoisotopic (exact) mass is 479 g/mol. The minimum Gasteiger partial charge on any atom is -0.355 e. The molecule has 30 heavy (non-hydrogen) atoms. The SMILES string of the molecule is O=C(CSCc1nc2sc3c(c2c(=O)[nH]1)CCCC3)NCCSc1ccc(Cl)cc1. The van der Waals surface area contributed by atoms with Crippen molar-refractivity contribution in [1.29, 1.82) is 0 Å². The fraction of sp³-hybridized carbons (Fsp3) is 0.381. The van der Waals surface area contributed by atoms with Crippen molar-refractivity contribution in [3.8, 4) is 0 Å². The Morgan fingerprint density at radius 2 is 2.03 bits per heavy atom. The number of carbonyl (C=O) groups is 1. The van der Waals surface area contributed by atoms with E-state index in [-0.39, 0.29) is 11.5 Å². The number of aromatic amines is 1. The predicted octanol–water partition coefficient (Wildman–Crippen LogP) is 4.66. The van der Waals surface area contributed by atoms with Gasteiger partial charge in [-0.15, -0.1) is 34.9 Å². The topological polar surface area (TPSA) is 74.8 Å². The number of aromatic nitrogens is 2. The van der Waals surface area contributed by atoms with Crippen LogP contribution in [0.5, 0.6) is 0 Å². The highest BCUT2D eigenvalue weighted by atomic mass is 35.5. The Bertz CT molecular complexity index is 1100. The molecule has 9 heteroatoms. The average Bonchev–Trinajstić information content (AvgIpc) is 3.11. The van der Waals surface area contributed by atoms with E-state index in [1.54, 1.807) is 23.1 Å². The number of hydrogen-bond donors (Lipinski definition) is 2. The van der Waals surface area contributed by atoms with Crippen molar-refractivity contribution in [3.05, 3.63) is 55.9 Å². The summed E-state index contributed by atoms with van der Waals surface area (Å²) in [6.07, 6.45) is 4.36. The smallest absolute Gasteiger partial charge is 0.259 e. The van der Waals surface area contributed by atoms with Gasteiger partial charge in [-0.05, 0) is 55.5 Å². The minimum absolute atomic E-state index is 0.00767. The largest absolute Gasteiger partial charge is 0.355 e. The molecule has 0 spiro atoms. The van der Waals surface area contributed by atoms with Gasteiger partial charge in [0.15, 0.2) is 0 Å². The van der Waals surface area contributed by atoms with E-state index in [1.807, 2.05) is 24.3 Å².